The van der Waals surface area contributed by atoms with E-state index in [2.05, 4.69) is 69.6 Å². The van der Waals surface area contributed by atoms with Crippen LogP contribution >= 0.6 is 7.14 Å². The monoisotopic (exact) mass is 501 g/mol. The van der Waals surface area contributed by atoms with Crippen LogP contribution < -0.4 is 16.1 Å². The number of nitrogens with one attached hydrogen (secondary N) is 2. The van der Waals surface area contributed by atoms with Crippen LogP contribution in [-0.4, -0.2) is 46.8 Å². The van der Waals surface area contributed by atoms with E-state index in [-0.39, 0.29) is 5.41 Å². The minimum atomic E-state index is -2.52. The number of nitrogens with zero attached hydrogens (tertiary/aromatic N) is 5. The summed E-state index contributed by atoms with van der Waals surface area (Å²) in [7, 11) is -0.338. The topological polar surface area (TPSA) is 107 Å². The van der Waals surface area contributed by atoms with Crippen molar-refractivity contribution in [2.45, 2.75) is 44.6 Å². The van der Waals surface area contributed by atoms with Gasteiger partial charge in [0, 0.05) is 18.8 Å². The maximum absolute atomic E-state index is 12.5. The van der Waals surface area contributed by atoms with Crippen molar-refractivity contribution in [2.24, 2.45) is 0 Å². The Morgan fingerprint density at radius 3 is 2.75 bits per heavy atom. The second kappa shape index (κ2) is 8.99. The molecule has 2 aliphatic rings. The molecule has 0 spiro atoms. The summed E-state index contributed by atoms with van der Waals surface area (Å²) in [4.78, 5) is 15.9. The van der Waals surface area contributed by atoms with Crippen LogP contribution in [0.5, 0.6) is 0 Å². The van der Waals surface area contributed by atoms with Crippen LogP contribution in [0.25, 0.3) is 0 Å². The van der Waals surface area contributed by atoms with Gasteiger partial charge in [0.15, 0.2) is 5.82 Å². The van der Waals surface area contributed by atoms with E-state index in [4.69, 9.17) is 0 Å². The van der Waals surface area contributed by atoms with E-state index < -0.39 is 7.14 Å². The summed E-state index contributed by atoms with van der Waals surface area (Å²) < 4.78 is 12.5. The van der Waals surface area contributed by atoms with E-state index >= 15 is 0 Å². The summed E-state index contributed by atoms with van der Waals surface area (Å²) >= 11 is 0. The average molecular weight is 502 g/mol. The highest BCUT2D eigenvalue weighted by Gasteiger charge is 2.37. The second-order valence-corrected chi connectivity index (χ2v) is 14.1. The van der Waals surface area contributed by atoms with Crippen LogP contribution in [0.15, 0.2) is 36.5 Å². The quantitative estimate of drug-likeness (QED) is 0.466. The van der Waals surface area contributed by atoms with Gasteiger partial charge < -0.3 is 20.1 Å². The molecule has 0 amide bonds. The van der Waals surface area contributed by atoms with Crippen molar-refractivity contribution in [1.29, 1.82) is 5.26 Å². The lowest BCUT2D eigenvalue weighted by atomic mass is 9.66. The molecule has 1 unspecified atom stereocenters. The van der Waals surface area contributed by atoms with Crippen LogP contribution in [0.4, 0.5) is 23.3 Å². The van der Waals surface area contributed by atoms with Gasteiger partial charge >= 0.3 is 0 Å². The Balaban J connectivity index is 1.48. The van der Waals surface area contributed by atoms with Crippen LogP contribution in [-0.2, 0) is 16.5 Å². The van der Waals surface area contributed by atoms with Crippen LogP contribution in [0, 0.1) is 11.3 Å². The Hall–Kier alpha value is -3.27. The number of hydrogen-bond donors (Lipinski definition) is 2. The highest BCUT2D eigenvalue weighted by molar-refractivity contribution is 7.69. The van der Waals surface area contributed by atoms with Crippen molar-refractivity contribution in [3.8, 4) is 6.07 Å². The van der Waals surface area contributed by atoms with E-state index in [1.165, 1.54) is 29.3 Å². The van der Waals surface area contributed by atoms with Gasteiger partial charge in [-0.2, -0.15) is 10.2 Å². The normalized spacial score (nSPS) is 18.7. The average Bonchev–Trinajstić information content (AvgIpc) is 2.81. The zero-order chi connectivity index (χ0) is 25.7. The maximum Gasteiger partial charge on any atom is 0.229 e. The zero-order valence-corrected chi connectivity index (χ0v) is 22.4. The predicted molar refractivity (Wildman–Crippen MR) is 144 cm³/mol. The molecule has 2 N–H and O–H groups in total. The summed E-state index contributed by atoms with van der Waals surface area (Å²) in [6.07, 6.45) is 3.89. The molecular formula is C27H32N7OP. The molecule has 1 aliphatic heterocycles. The third kappa shape index (κ3) is 4.74. The molecule has 0 saturated heterocycles. The van der Waals surface area contributed by atoms with Gasteiger partial charge in [-0.25, -0.2) is 9.97 Å². The number of rotatable bonds is 5. The highest BCUT2D eigenvalue weighted by atomic mass is 31.2. The molecule has 1 aliphatic carbocycles. The molecule has 8 nitrogen and oxygen atoms in total. The van der Waals surface area contributed by atoms with Gasteiger partial charge in [-0.15, -0.1) is 0 Å². The number of hydrogen-bond acceptors (Lipinski definition) is 8. The predicted octanol–water partition coefficient (Wildman–Crippen LogP) is 5.08. The SMILES string of the molecule is CN1Cc2cc(Nc3ncc(C#N)c(Nc4cccc(P(C)(C)=O)n4)n3)cc3c2C(CCC3(C)C)C1. The molecule has 5 rings (SSSR count). The fourth-order valence-electron chi connectivity index (χ4n) is 5.35. The minimum Gasteiger partial charge on any atom is -0.324 e. The van der Waals surface area contributed by atoms with Gasteiger partial charge in [0.1, 0.15) is 30.0 Å². The highest BCUT2D eigenvalue weighted by Crippen LogP contribution is 2.47. The van der Waals surface area contributed by atoms with Crippen LogP contribution in [0.3, 0.4) is 0 Å². The first kappa shape index (κ1) is 24.4. The molecule has 36 heavy (non-hydrogen) atoms. The molecule has 2 aromatic heterocycles. The van der Waals surface area contributed by atoms with Gasteiger partial charge in [0.05, 0.1) is 6.20 Å². The van der Waals surface area contributed by atoms with Crippen molar-refractivity contribution >= 4 is 35.8 Å². The van der Waals surface area contributed by atoms with E-state index in [0.717, 1.165) is 25.2 Å². The minimum absolute atomic E-state index is 0.112. The molecule has 0 saturated carbocycles. The first-order valence-electron chi connectivity index (χ1n) is 12.2. The summed E-state index contributed by atoms with van der Waals surface area (Å²) in [5.41, 5.74) is 6.17. The number of nitriles is 1. The van der Waals surface area contributed by atoms with Crippen LogP contribution in [0.1, 0.15) is 54.9 Å². The van der Waals surface area contributed by atoms with Crippen molar-refractivity contribution in [3.63, 3.8) is 0 Å². The number of aromatic nitrogens is 3. The molecule has 0 bridgehead atoms. The Morgan fingerprint density at radius 2 is 2.00 bits per heavy atom. The molecule has 3 aromatic rings. The van der Waals surface area contributed by atoms with Gasteiger partial charge in [-0.1, -0.05) is 19.9 Å². The molecule has 9 heteroatoms. The lowest BCUT2D eigenvalue weighted by Gasteiger charge is -2.43. The lowest BCUT2D eigenvalue weighted by molar-refractivity contribution is 0.249. The largest absolute Gasteiger partial charge is 0.324 e. The van der Waals surface area contributed by atoms with Gasteiger partial charge in [-0.05, 0) is 85.5 Å². The van der Waals surface area contributed by atoms with E-state index in [1.54, 1.807) is 31.5 Å². The Kier molecular flexibility index (Phi) is 6.10. The van der Waals surface area contributed by atoms with E-state index in [0.29, 0.717) is 34.5 Å². The smallest absolute Gasteiger partial charge is 0.229 e. The lowest BCUT2D eigenvalue weighted by Crippen LogP contribution is -2.37. The maximum atomic E-state index is 12.5. The molecular weight excluding hydrogens is 469 g/mol. The van der Waals surface area contributed by atoms with E-state index in [1.807, 2.05) is 0 Å². The number of anilines is 4. The van der Waals surface area contributed by atoms with Gasteiger partial charge in [0.2, 0.25) is 5.95 Å². The van der Waals surface area contributed by atoms with Crippen molar-refractivity contribution in [2.75, 3.05) is 37.6 Å². The summed E-state index contributed by atoms with van der Waals surface area (Å²) in [5, 5.41) is 16.1. The third-order valence-corrected chi connectivity index (χ3v) is 8.54. The fraction of sp³-hybridized carbons (Fsp3) is 0.407. The van der Waals surface area contributed by atoms with Gasteiger partial charge in [-0.3, -0.25) is 0 Å². The van der Waals surface area contributed by atoms with Gasteiger partial charge in [0.25, 0.3) is 0 Å². The number of pyridine rings is 1. The summed E-state index contributed by atoms with van der Waals surface area (Å²) in [5.74, 6) is 1.81. The van der Waals surface area contributed by atoms with Crippen molar-refractivity contribution in [1.82, 2.24) is 19.9 Å². The number of likely N-dealkylation sites (N-methyl/N-ethyl adjacent to an activating group) is 1. The standard InChI is InChI=1S/C27H32N7OP/c1-27(2)10-9-17-15-34(3)16-18-11-20(12-21(27)24(17)18)30-26-29-14-19(13-28)25(33-26)32-22-7-6-8-23(31-22)36(4,5)35/h6-8,11-12,14,17H,9-10,15-16H2,1-5H3,(H2,29,30,31,32,33). The van der Waals surface area contributed by atoms with Crippen molar-refractivity contribution < 1.29 is 4.57 Å². The molecule has 1 atom stereocenters. The first-order valence-corrected chi connectivity index (χ1v) is 14.8. The fourth-order valence-corrected chi connectivity index (χ4v) is 6.14. The molecule has 1 aromatic carbocycles. The molecule has 0 fully saturated rings. The first-order chi connectivity index (χ1) is 17.0. The third-order valence-electron chi connectivity index (χ3n) is 7.19. The second-order valence-electron chi connectivity index (χ2n) is 11.0. The molecule has 3 heterocycles. The molecule has 0 radical (unpaired) electrons. The summed E-state index contributed by atoms with van der Waals surface area (Å²) in [6, 6.07) is 11.9. The van der Waals surface area contributed by atoms with Crippen molar-refractivity contribution in [3.05, 3.63) is 58.8 Å². The summed E-state index contributed by atoms with van der Waals surface area (Å²) in [6.45, 7) is 10.0. The number of benzene rings is 1. The Labute approximate surface area is 212 Å². The Morgan fingerprint density at radius 1 is 1.19 bits per heavy atom. The Bertz CT molecular complexity index is 1420. The molecule has 186 valence electrons. The van der Waals surface area contributed by atoms with Crippen LogP contribution in [0.2, 0.25) is 0 Å². The van der Waals surface area contributed by atoms with E-state index in [9.17, 15) is 9.83 Å². The zero-order valence-electron chi connectivity index (χ0n) is 21.5.